The van der Waals surface area contributed by atoms with Crippen molar-refractivity contribution in [1.29, 1.82) is 0 Å². The lowest BCUT2D eigenvalue weighted by Crippen LogP contribution is -2.31. The molecule has 0 bridgehead atoms. The van der Waals surface area contributed by atoms with Gasteiger partial charge in [0.25, 0.3) is 0 Å². The largest absolute Gasteiger partial charge is 0.355 e. The van der Waals surface area contributed by atoms with Crippen molar-refractivity contribution in [1.82, 2.24) is 15.6 Å². The summed E-state index contributed by atoms with van der Waals surface area (Å²) < 4.78 is 0. The summed E-state index contributed by atoms with van der Waals surface area (Å²) in [6.07, 6.45) is 3.04. The van der Waals surface area contributed by atoms with Crippen LogP contribution in [-0.4, -0.2) is 23.3 Å². The molecule has 0 aromatic carbocycles. The van der Waals surface area contributed by atoms with Crippen molar-refractivity contribution in [3.05, 3.63) is 29.6 Å². The number of hydrogen-bond acceptors (Lipinski definition) is 3. The summed E-state index contributed by atoms with van der Waals surface area (Å²) in [6, 6.07) is 3.86. The molecule has 5 heteroatoms. The second-order valence-electron chi connectivity index (χ2n) is 5.45. The standard InChI is InChI=1S/C15H21N3O2/c1-10-7-13(10)15(20)16-6-5-14(19)18-9-12-4-3-11(2)17-8-12/h3-4,8,10,13H,5-7,9H2,1-2H3,(H,16,20)(H,18,19). The Morgan fingerprint density at radius 1 is 1.35 bits per heavy atom. The van der Waals surface area contributed by atoms with Gasteiger partial charge in [0.1, 0.15) is 0 Å². The van der Waals surface area contributed by atoms with E-state index in [9.17, 15) is 9.59 Å². The maximum Gasteiger partial charge on any atom is 0.223 e. The van der Waals surface area contributed by atoms with Crippen LogP contribution in [0.2, 0.25) is 0 Å². The Kier molecular flexibility index (Phi) is 4.71. The van der Waals surface area contributed by atoms with Crippen LogP contribution in [0.4, 0.5) is 0 Å². The molecule has 1 aliphatic rings. The van der Waals surface area contributed by atoms with Crippen LogP contribution >= 0.6 is 0 Å². The zero-order valence-electron chi connectivity index (χ0n) is 12.0. The quantitative estimate of drug-likeness (QED) is 0.818. The molecule has 2 amide bonds. The van der Waals surface area contributed by atoms with Crippen molar-refractivity contribution >= 4 is 11.8 Å². The second-order valence-corrected chi connectivity index (χ2v) is 5.45. The van der Waals surface area contributed by atoms with E-state index in [0.717, 1.165) is 17.7 Å². The molecule has 2 rings (SSSR count). The van der Waals surface area contributed by atoms with E-state index in [-0.39, 0.29) is 17.7 Å². The first kappa shape index (κ1) is 14.5. The van der Waals surface area contributed by atoms with E-state index in [4.69, 9.17) is 0 Å². The van der Waals surface area contributed by atoms with Gasteiger partial charge in [0.15, 0.2) is 0 Å². The number of aryl methyl sites for hydroxylation is 1. The molecule has 1 saturated carbocycles. The number of aromatic nitrogens is 1. The summed E-state index contributed by atoms with van der Waals surface area (Å²) in [6.45, 7) is 4.86. The lowest BCUT2D eigenvalue weighted by Gasteiger charge is -2.06. The van der Waals surface area contributed by atoms with Crippen LogP contribution in [-0.2, 0) is 16.1 Å². The van der Waals surface area contributed by atoms with Gasteiger partial charge in [-0.3, -0.25) is 14.6 Å². The first-order valence-electron chi connectivity index (χ1n) is 7.02. The summed E-state index contributed by atoms with van der Waals surface area (Å²) in [5.74, 6) is 0.678. The molecule has 0 radical (unpaired) electrons. The highest BCUT2D eigenvalue weighted by Gasteiger charge is 2.38. The van der Waals surface area contributed by atoms with E-state index in [0.29, 0.717) is 25.4 Å². The number of rotatable bonds is 6. The maximum absolute atomic E-state index is 11.6. The highest BCUT2D eigenvalue weighted by Crippen LogP contribution is 2.37. The number of amides is 2. The van der Waals surface area contributed by atoms with Gasteiger partial charge in [-0.25, -0.2) is 0 Å². The zero-order chi connectivity index (χ0) is 14.5. The van der Waals surface area contributed by atoms with Gasteiger partial charge in [0.05, 0.1) is 0 Å². The van der Waals surface area contributed by atoms with E-state index < -0.39 is 0 Å². The Morgan fingerprint density at radius 3 is 2.70 bits per heavy atom. The van der Waals surface area contributed by atoms with Crippen molar-refractivity contribution in [2.45, 2.75) is 33.2 Å². The minimum Gasteiger partial charge on any atom is -0.355 e. The van der Waals surface area contributed by atoms with Crippen LogP contribution in [0.1, 0.15) is 31.0 Å². The van der Waals surface area contributed by atoms with Crippen LogP contribution in [0.25, 0.3) is 0 Å². The smallest absolute Gasteiger partial charge is 0.223 e. The number of hydrogen-bond donors (Lipinski definition) is 2. The third kappa shape index (κ3) is 4.33. The Bertz CT molecular complexity index is 484. The van der Waals surface area contributed by atoms with E-state index in [1.165, 1.54) is 0 Å². The number of pyridine rings is 1. The van der Waals surface area contributed by atoms with E-state index in [1.54, 1.807) is 6.20 Å². The molecule has 108 valence electrons. The second kappa shape index (κ2) is 6.50. The molecular weight excluding hydrogens is 254 g/mol. The summed E-state index contributed by atoms with van der Waals surface area (Å²) in [5, 5.41) is 5.61. The maximum atomic E-state index is 11.6. The fraction of sp³-hybridized carbons (Fsp3) is 0.533. The minimum absolute atomic E-state index is 0.0604. The van der Waals surface area contributed by atoms with Gasteiger partial charge in [-0.15, -0.1) is 0 Å². The lowest BCUT2D eigenvalue weighted by atomic mass is 10.2. The number of nitrogens with zero attached hydrogens (tertiary/aromatic N) is 1. The predicted molar refractivity (Wildman–Crippen MR) is 75.7 cm³/mol. The van der Waals surface area contributed by atoms with Crippen molar-refractivity contribution < 1.29 is 9.59 Å². The fourth-order valence-electron chi connectivity index (χ4n) is 2.01. The number of carbonyl (C=O) groups is 2. The molecule has 1 aromatic rings. The summed E-state index contributed by atoms with van der Waals surface area (Å²) >= 11 is 0. The number of carbonyl (C=O) groups excluding carboxylic acids is 2. The lowest BCUT2D eigenvalue weighted by molar-refractivity contribution is -0.123. The van der Waals surface area contributed by atoms with Gasteiger partial charge < -0.3 is 10.6 Å². The number of nitrogens with one attached hydrogen (secondary N) is 2. The normalized spacial score (nSPS) is 20.3. The Morgan fingerprint density at radius 2 is 2.10 bits per heavy atom. The molecule has 0 spiro atoms. The van der Waals surface area contributed by atoms with Crippen molar-refractivity contribution in [2.24, 2.45) is 11.8 Å². The molecule has 2 atom stereocenters. The van der Waals surface area contributed by atoms with Gasteiger partial charge in [-0.05, 0) is 30.9 Å². The average Bonchev–Trinajstić information content (AvgIpc) is 3.15. The topological polar surface area (TPSA) is 71.1 Å². The Balaban J connectivity index is 1.60. The third-order valence-electron chi connectivity index (χ3n) is 3.56. The summed E-state index contributed by atoms with van der Waals surface area (Å²) in [5.41, 5.74) is 1.93. The molecule has 2 unspecified atom stereocenters. The molecule has 1 aromatic heterocycles. The van der Waals surface area contributed by atoms with Gasteiger partial charge in [-0.2, -0.15) is 0 Å². The molecule has 1 heterocycles. The molecule has 5 nitrogen and oxygen atoms in total. The first-order valence-corrected chi connectivity index (χ1v) is 7.02. The summed E-state index contributed by atoms with van der Waals surface area (Å²) in [7, 11) is 0. The average molecular weight is 275 g/mol. The van der Waals surface area contributed by atoms with Crippen LogP contribution in [0.3, 0.4) is 0 Å². The fourth-order valence-corrected chi connectivity index (χ4v) is 2.01. The van der Waals surface area contributed by atoms with E-state index in [2.05, 4.69) is 22.5 Å². The van der Waals surface area contributed by atoms with Crippen LogP contribution in [0.15, 0.2) is 18.3 Å². The van der Waals surface area contributed by atoms with Crippen LogP contribution in [0, 0.1) is 18.8 Å². The minimum atomic E-state index is -0.0604. The van der Waals surface area contributed by atoms with Gasteiger partial charge in [0, 0.05) is 37.3 Å². The van der Waals surface area contributed by atoms with Crippen molar-refractivity contribution in [3.8, 4) is 0 Å². The molecule has 0 aliphatic heterocycles. The molecule has 0 saturated heterocycles. The van der Waals surface area contributed by atoms with Gasteiger partial charge in [-0.1, -0.05) is 13.0 Å². The molecule has 2 N–H and O–H groups in total. The highest BCUT2D eigenvalue weighted by molar-refractivity contribution is 5.82. The van der Waals surface area contributed by atoms with Crippen LogP contribution < -0.4 is 10.6 Å². The van der Waals surface area contributed by atoms with E-state index >= 15 is 0 Å². The first-order chi connectivity index (χ1) is 9.56. The van der Waals surface area contributed by atoms with Gasteiger partial charge in [0.2, 0.25) is 11.8 Å². The summed E-state index contributed by atoms with van der Waals surface area (Å²) in [4.78, 5) is 27.4. The Labute approximate surface area is 119 Å². The molecule has 20 heavy (non-hydrogen) atoms. The third-order valence-corrected chi connectivity index (χ3v) is 3.56. The molecule has 1 aliphatic carbocycles. The van der Waals surface area contributed by atoms with Crippen LogP contribution in [0.5, 0.6) is 0 Å². The van der Waals surface area contributed by atoms with Crippen molar-refractivity contribution in [2.75, 3.05) is 6.54 Å². The SMILES string of the molecule is Cc1ccc(CNC(=O)CCNC(=O)C2CC2C)cn1. The molecular formula is C15H21N3O2. The predicted octanol–water partition coefficient (Wildman–Crippen LogP) is 1.17. The molecule has 1 fully saturated rings. The van der Waals surface area contributed by atoms with Crippen molar-refractivity contribution in [3.63, 3.8) is 0 Å². The highest BCUT2D eigenvalue weighted by atomic mass is 16.2. The Hall–Kier alpha value is -1.91. The zero-order valence-corrected chi connectivity index (χ0v) is 12.0. The van der Waals surface area contributed by atoms with Gasteiger partial charge >= 0.3 is 0 Å². The van der Waals surface area contributed by atoms with E-state index in [1.807, 2.05) is 19.1 Å². The monoisotopic (exact) mass is 275 g/mol.